The number of fused-ring (bicyclic) bond motifs is 1. The van der Waals surface area contributed by atoms with E-state index in [1.54, 1.807) is 0 Å². The highest BCUT2D eigenvalue weighted by Gasteiger charge is 2.57. The minimum Gasteiger partial charge on any atom is -0.383 e. The van der Waals surface area contributed by atoms with Crippen molar-refractivity contribution in [1.82, 2.24) is 14.8 Å². The summed E-state index contributed by atoms with van der Waals surface area (Å²) in [6.45, 7) is -0.659. The number of Topliss-reactive ketones (excluding diaryl/α,β-unsaturated/α-hetero) is 1. The molecule has 0 bridgehead atoms. The van der Waals surface area contributed by atoms with Crippen LogP contribution in [0.4, 0.5) is 27.8 Å². The Morgan fingerprint density at radius 2 is 1.89 bits per heavy atom. The van der Waals surface area contributed by atoms with Gasteiger partial charge in [0, 0.05) is 36.2 Å². The van der Waals surface area contributed by atoms with Gasteiger partial charge in [-0.1, -0.05) is 0 Å². The molecule has 2 saturated carbocycles. The number of pyridine rings is 1. The summed E-state index contributed by atoms with van der Waals surface area (Å²) in [6.07, 6.45) is -5.39. The van der Waals surface area contributed by atoms with Crippen LogP contribution in [0, 0.1) is 11.8 Å². The van der Waals surface area contributed by atoms with E-state index in [0.717, 1.165) is 16.9 Å². The van der Waals surface area contributed by atoms with Crippen LogP contribution in [-0.2, 0) is 17.5 Å². The van der Waals surface area contributed by atoms with Crippen molar-refractivity contribution in [2.24, 2.45) is 11.8 Å². The first-order valence-electron chi connectivity index (χ1n) is 8.36. The molecule has 144 valence electrons. The van der Waals surface area contributed by atoms with Crippen LogP contribution < -0.4 is 5.73 Å². The molecule has 5 nitrogen and oxygen atoms in total. The Kier molecular flexibility index (Phi) is 3.97. The lowest BCUT2D eigenvalue weighted by atomic mass is 10.1. The van der Waals surface area contributed by atoms with Crippen molar-refractivity contribution < 1.29 is 26.7 Å². The van der Waals surface area contributed by atoms with Crippen LogP contribution in [0.15, 0.2) is 18.3 Å². The van der Waals surface area contributed by atoms with Crippen LogP contribution in [0.2, 0.25) is 0 Å². The molecular weight excluding hydrogens is 371 g/mol. The van der Waals surface area contributed by atoms with Crippen LogP contribution in [0.3, 0.4) is 0 Å². The Morgan fingerprint density at radius 1 is 1.22 bits per heavy atom. The number of aromatic nitrogens is 3. The van der Waals surface area contributed by atoms with E-state index in [-0.39, 0.29) is 34.8 Å². The monoisotopic (exact) mass is 386 g/mol. The van der Waals surface area contributed by atoms with Gasteiger partial charge in [-0.15, -0.1) is 0 Å². The van der Waals surface area contributed by atoms with Gasteiger partial charge in [0.15, 0.2) is 0 Å². The highest BCUT2D eigenvalue weighted by Crippen LogP contribution is 2.62. The van der Waals surface area contributed by atoms with E-state index in [9.17, 15) is 26.7 Å². The van der Waals surface area contributed by atoms with Crippen molar-refractivity contribution in [1.29, 1.82) is 0 Å². The lowest BCUT2D eigenvalue weighted by molar-refractivity contribution is -0.137. The fourth-order valence-electron chi connectivity index (χ4n) is 4.01. The van der Waals surface area contributed by atoms with Crippen molar-refractivity contribution in [3.05, 3.63) is 29.6 Å². The normalized spacial score (nSPS) is 24.5. The number of ketones is 1. The topological polar surface area (TPSA) is 73.8 Å². The standard InChI is InChI=1S/C17H15F5N4O/c18-14(19)6-26-13(15-9-2-8(27)3-10(9)15)4-12(25-26)7-1-11(17(20,21)22)16(23)24-5-7/h1,4-5,9-10,14-15H,2-3,6H2,(H2,23,24)/t9-,10+,15?. The number of hydrogen-bond donors (Lipinski definition) is 1. The molecule has 2 N–H and O–H groups in total. The second kappa shape index (κ2) is 6.00. The van der Waals surface area contributed by atoms with Gasteiger partial charge in [0.1, 0.15) is 18.1 Å². The summed E-state index contributed by atoms with van der Waals surface area (Å²) in [5, 5.41) is 4.08. The van der Waals surface area contributed by atoms with Crippen LogP contribution >= 0.6 is 0 Å². The maximum Gasteiger partial charge on any atom is 0.419 e. The van der Waals surface area contributed by atoms with E-state index in [2.05, 4.69) is 10.1 Å². The predicted octanol–water partition coefficient (Wildman–Crippen LogP) is 3.50. The van der Waals surface area contributed by atoms with Gasteiger partial charge in [-0.25, -0.2) is 13.8 Å². The Hall–Kier alpha value is -2.52. The van der Waals surface area contributed by atoms with E-state index in [0.29, 0.717) is 18.5 Å². The summed E-state index contributed by atoms with van der Waals surface area (Å²) in [7, 11) is 0. The number of rotatable bonds is 4. The largest absolute Gasteiger partial charge is 0.419 e. The average molecular weight is 386 g/mol. The number of carbonyl (C=O) groups is 1. The van der Waals surface area contributed by atoms with E-state index in [4.69, 9.17) is 5.73 Å². The number of nitrogen functional groups attached to an aromatic ring is 1. The smallest absolute Gasteiger partial charge is 0.383 e. The zero-order valence-corrected chi connectivity index (χ0v) is 13.9. The number of nitrogens with zero attached hydrogens (tertiary/aromatic N) is 3. The molecule has 2 aromatic heterocycles. The minimum atomic E-state index is -4.69. The molecule has 2 fully saturated rings. The maximum atomic E-state index is 13.1. The molecule has 1 unspecified atom stereocenters. The van der Waals surface area contributed by atoms with Gasteiger partial charge in [0.2, 0.25) is 0 Å². The average Bonchev–Trinajstić information content (AvgIpc) is 2.90. The summed E-state index contributed by atoms with van der Waals surface area (Å²) in [5.74, 6) is -0.360. The molecular formula is C17H15F5N4O. The summed E-state index contributed by atoms with van der Waals surface area (Å²) >= 11 is 0. The van der Waals surface area contributed by atoms with Crippen molar-refractivity contribution in [3.63, 3.8) is 0 Å². The third-order valence-electron chi connectivity index (χ3n) is 5.24. The Morgan fingerprint density at radius 3 is 2.48 bits per heavy atom. The molecule has 0 radical (unpaired) electrons. The number of carbonyl (C=O) groups excluding carboxylic acids is 1. The third-order valence-corrected chi connectivity index (χ3v) is 5.24. The zero-order valence-electron chi connectivity index (χ0n) is 13.9. The molecule has 0 aromatic carbocycles. The quantitative estimate of drug-likeness (QED) is 0.817. The van der Waals surface area contributed by atoms with Gasteiger partial charge in [-0.05, 0) is 24.0 Å². The maximum absolute atomic E-state index is 13.1. The molecule has 2 aliphatic rings. The SMILES string of the molecule is Nc1ncc(-c2cc(C3[C@H]4CC(=O)C[C@@H]34)n(CC(F)F)n2)cc1C(F)(F)F. The number of nitrogens with two attached hydrogens (primary N) is 1. The molecule has 2 aliphatic carbocycles. The number of halogens is 5. The van der Waals surface area contributed by atoms with Crippen molar-refractivity contribution in [3.8, 4) is 11.3 Å². The number of alkyl halides is 5. The summed E-state index contributed by atoms with van der Waals surface area (Å²) in [5.41, 5.74) is 4.90. The first-order valence-corrected chi connectivity index (χ1v) is 8.36. The lowest BCUT2D eigenvalue weighted by Crippen LogP contribution is -2.12. The number of anilines is 1. The third kappa shape index (κ3) is 3.17. The summed E-state index contributed by atoms with van der Waals surface area (Å²) in [6, 6.07) is 2.33. The molecule has 4 rings (SSSR count). The first kappa shape index (κ1) is 17.9. The van der Waals surface area contributed by atoms with Crippen LogP contribution in [0.25, 0.3) is 11.3 Å². The Balaban J connectivity index is 1.71. The van der Waals surface area contributed by atoms with Gasteiger partial charge in [0.05, 0.1) is 11.3 Å². The van der Waals surface area contributed by atoms with Gasteiger partial charge in [0.25, 0.3) is 6.43 Å². The van der Waals surface area contributed by atoms with E-state index >= 15 is 0 Å². The molecule has 27 heavy (non-hydrogen) atoms. The molecule has 10 heteroatoms. The van der Waals surface area contributed by atoms with Gasteiger partial charge in [-0.3, -0.25) is 9.48 Å². The molecule has 0 saturated heterocycles. The van der Waals surface area contributed by atoms with Crippen molar-refractivity contribution in [2.45, 2.75) is 37.9 Å². The second-order valence-electron chi connectivity index (χ2n) is 6.98. The minimum absolute atomic E-state index is 0.0488. The lowest BCUT2D eigenvalue weighted by Gasteiger charge is -2.10. The van der Waals surface area contributed by atoms with Crippen LogP contribution in [-0.4, -0.2) is 27.0 Å². The Labute approximate surface area is 150 Å². The van der Waals surface area contributed by atoms with Gasteiger partial charge >= 0.3 is 6.18 Å². The van der Waals surface area contributed by atoms with E-state index in [1.807, 2.05) is 0 Å². The summed E-state index contributed by atoms with van der Waals surface area (Å²) < 4.78 is 66.2. The predicted molar refractivity (Wildman–Crippen MR) is 84.8 cm³/mol. The van der Waals surface area contributed by atoms with Crippen molar-refractivity contribution >= 4 is 11.6 Å². The van der Waals surface area contributed by atoms with Gasteiger partial charge in [-0.2, -0.15) is 18.3 Å². The van der Waals surface area contributed by atoms with Gasteiger partial charge < -0.3 is 5.73 Å². The summed E-state index contributed by atoms with van der Waals surface area (Å²) in [4.78, 5) is 15.0. The molecule has 2 heterocycles. The first-order chi connectivity index (χ1) is 12.6. The molecule has 0 spiro atoms. The highest BCUT2D eigenvalue weighted by atomic mass is 19.4. The number of hydrogen-bond acceptors (Lipinski definition) is 4. The van der Waals surface area contributed by atoms with E-state index < -0.39 is 30.5 Å². The molecule has 0 aliphatic heterocycles. The molecule has 3 atom stereocenters. The highest BCUT2D eigenvalue weighted by molar-refractivity contribution is 5.83. The second-order valence-corrected chi connectivity index (χ2v) is 6.98. The zero-order chi connectivity index (χ0) is 19.5. The van der Waals surface area contributed by atoms with Crippen molar-refractivity contribution in [2.75, 3.05) is 5.73 Å². The Bertz CT molecular complexity index is 893. The fourth-order valence-corrected chi connectivity index (χ4v) is 4.01. The fraction of sp³-hybridized carbons (Fsp3) is 0.471. The van der Waals surface area contributed by atoms with E-state index in [1.165, 1.54) is 6.07 Å². The molecule has 2 aromatic rings. The van der Waals surface area contributed by atoms with Crippen LogP contribution in [0.1, 0.15) is 30.0 Å². The molecule has 0 amide bonds. The van der Waals surface area contributed by atoms with Crippen LogP contribution in [0.5, 0.6) is 0 Å².